The predicted molar refractivity (Wildman–Crippen MR) is 56.2 cm³/mol. The highest BCUT2D eigenvalue weighted by atomic mass is 32.2. The molecular formula is C8H6N2O2S2. The first-order valence-electron chi connectivity index (χ1n) is 3.74. The van der Waals surface area contributed by atoms with Gasteiger partial charge in [0.25, 0.3) is 0 Å². The third-order valence-corrected chi connectivity index (χ3v) is 3.66. The molecule has 0 bridgehead atoms. The van der Waals surface area contributed by atoms with Crippen LogP contribution in [0, 0.1) is 0 Å². The topological polar surface area (TPSA) is 63.1 Å². The lowest BCUT2D eigenvalue weighted by molar-refractivity contribution is 0.0698. The maximum atomic E-state index is 10.8. The smallest absolute Gasteiger partial charge is 0.339 e. The number of pyridine rings is 1. The molecule has 0 unspecified atom stereocenters. The van der Waals surface area contributed by atoms with Crippen LogP contribution in [0.3, 0.4) is 0 Å². The molecular weight excluding hydrogens is 220 g/mol. The summed E-state index contributed by atoms with van der Waals surface area (Å²) >= 11 is 2.96. The Morgan fingerprint density at radius 1 is 1.57 bits per heavy atom. The maximum Gasteiger partial charge on any atom is 0.339 e. The largest absolute Gasteiger partial charge is 0.478 e. The summed E-state index contributed by atoms with van der Waals surface area (Å²) in [7, 11) is 0. The average molecular weight is 226 g/mol. The second kappa shape index (κ2) is 3.55. The summed E-state index contributed by atoms with van der Waals surface area (Å²) in [6.45, 7) is 0. The Bertz CT molecular complexity index is 495. The van der Waals surface area contributed by atoms with Crippen LogP contribution in [0.4, 0.5) is 0 Å². The van der Waals surface area contributed by atoms with Crippen LogP contribution < -0.4 is 0 Å². The monoisotopic (exact) mass is 226 g/mol. The number of thiazole rings is 1. The van der Waals surface area contributed by atoms with Gasteiger partial charge in [0.05, 0.1) is 4.70 Å². The van der Waals surface area contributed by atoms with Crippen molar-refractivity contribution < 1.29 is 9.90 Å². The van der Waals surface area contributed by atoms with E-state index in [1.807, 2.05) is 6.26 Å². The zero-order valence-electron chi connectivity index (χ0n) is 7.22. The van der Waals surface area contributed by atoms with Crippen LogP contribution in [0.25, 0.3) is 10.2 Å². The number of hydrogen-bond acceptors (Lipinski definition) is 5. The Balaban J connectivity index is 2.73. The van der Waals surface area contributed by atoms with E-state index in [4.69, 9.17) is 5.11 Å². The van der Waals surface area contributed by atoms with Crippen LogP contribution in [0.15, 0.2) is 16.7 Å². The van der Waals surface area contributed by atoms with Gasteiger partial charge in [-0.25, -0.2) is 9.78 Å². The summed E-state index contributed by atoms with van der Waals surface area (Å²) in [4.78, 5) is 18.9. The Hall–Kier alpha value is -1.14. The number of rotatable bonds is 2. The number of carbonyl (C=O) groups is 1. The van der Waals surface area contributed by atoms with Gasteiger partial charge >= 0.3 is 5.97 Å². The van der Waals surface area contributed by atoms with Gasteiger partial charge in [0, 0.05) is 12.4 Å². The minimum Gasteiger partial charge on any atom is -0.478 e. The molecule has 1 N–H and O–H groups in total. The fourth-order valence-corrected chi connectivity index (χ4v) is 2.55. The highest BCUT2D eigenvalue weighted by Crippen LogP contribution is 2.29. The first-order chi connectivity index (χ1) is 6.72. The Morgan fingerprint density at radius 2 is 2.36 bits per heavy atom. The standard InChI is InChI=1S/C8H6N2O2S2/c1-13-8-10-6-4(7(11)12)2-9-3-5(6)14-8/h2-3H,1H3,(H,11,12). The van der Waals surface area contributed by atoms with Crippen LogP contribution in [-0.2, 0) is 0 Å². The zero-order chi connectivity index (χ0) is 10.1. The molecule has 2 heterocycles. The van der Waals surface area contributed by atoms with Gasteiger partial charge in [-0.1, -0.05) is 11.8 Å². The molecule has 4 nitrogen and oxygen atoms in total. The minimum absolute atomic E-state index is 0.166. The summed E-state index contributed by atoms with van der Waals surface area (Å²) in [5.74, 6) is -0.985. The number of aromatic carboxylic acids is 1. The number of aromatic nitrogens is 2. The average Bonchev–Trinajstić information content (AvgIpc) is 2.59. The summed E-state index contributed by atoms with van der Waals surface area (Å²) in [5.41, 5.74) is 0.695. The molecule has 0 spiro atoms. The molecule has 2 aromatic rings. The number of hydrogen-bond donors (Lipinski definition) is 1. The van der Waals surface area contributed by atoms with Crippen molar-refractivity contribution in [3.63, 3.8) is 0 Å². The first-order valence-corrected chi connectivity index (χ1v) is 5.78. The van der Waals surface area contributed by atoms with Gasteiger partial charge in [-0.3, -0.25) is 4.98 Å². The molecule has 0 fully saturated rings. The molecule has 72 valence electrons. The molecule has 0 radical (unpaired) electrons. The number of thioether (sulfide) groups is 1. The fraction of sp³-hybridized carbons (Fsp3) is 0.125. The second-order valence-corrected chi connectivity index (χ2v) is 4.61. The molecule has 0 saturated heterocycles. The van der Waals surface area contributed by atoms with Gasteiger partial charge in [-0.05, 0) is 6.26 Å². The SMILES string of the molecule is CSc1nc2c(C(=O)O)cncc2s1. The Labute approximate surface area is 88.0 Å². The van der Waals surface area contributed by atoms with Crippen molar-refractivity contribution in [2.24, 2.45) is 0 Å². The van der Waals surface area contributed by atoms with Crippen LogP contribution in [0.2, 0.25) is 0 Å². The predicted octanol–water partition coefficient (Wildman–Crippen LogP) is 2.11. The molecule has 0 atom stereocenters. The van der Waals surface area contributed by atoms with Crippen molar-refractivity contribution in [2.45, 2.75) is 4.34 Å². The number of fused-ring (bicyclic) bond motifs is 1. The number of carboxylic acids is 1. The molecule has 0 aromatic carbocycles. The van der Waals surface area contributed by atoms with E-state index in [1.54, 1.807) is 6.20 Å². The third-order valence-electron chi connectivity index (χ3n) is 1.69. The normalized spacial score (nSPS) is 10.6. The highest BCUT2D eigenvalue weighted by molar-refractivity contribution is 8.00. The summed E-state index contributed by atoms with van der Waals surface area (Å²) < 4.78 is 1.67. The van der Waals surface area contributed by atoms with Crippen molar-refractivity contribution in [2.75, 3.05) is 6.26 Å². The number of carboxylic acid groups (broad SMARTS) is 1. The highest BCUT2D eigenvalue weighted by Gasteiger charge is 2.12. The Morgan fingerprint density at radius 3 is 3.00 bits per heavy atom. The Kier molecular flexibility index (Phi) is 2.39. The molecule has 0 aliphatic rings. The van der Waals surface area contributed by atoms with Crippen LogP contribution in [0.5, 0.6) is 0 Å². The van der Waals surface area contributed by atoms with Crippen LogP contribution in [-0.4, -0.2) is 27.3 Å². The molecule has 2 aromatic heterocycles. The van der Waals surface area contributed by atoms with E-state index in [2.05, 4.69) is 9.97 Å². The van der Waals surface area contributed by atoms with E-state index >= 15 is 0 Å². The second-order valence-electron chi connectivity index (χ2n) is 2.52. The lowest BCUT2D eigenvalue weighted by Crippen LogP contribution is -1.97. The van der Waals surface area contributed by atoms with Gasteiger partial charge in [-0.2, -0.15) is 0 Å². The lowest BCUT2D eigenvalue weighted by atomic mass is 10.2. The van der Waals surface area contributed by atoms with Crippen LogP contribution in [0.1, 0.15) is 10.4 Å². The van der Waals surface area contributed by atoms with Gasteiger partial charge in [0.2, 0.25) is 0 Å². The third kappa shape index (κ3) is 1.46. The van der Waals surface area contributed by atoms with Gasteiger partial charge in [0.15, 0.2) is 4.34 Å². The summed E-state index contributed by atoms with van der Waals surface area (Å²) in [6, 6.07) is 0. The van der Waals surface area contributed by atoms with Crippen molar-refractivity contribution in [3.05, 3.63) is 18.0 Å². The summed E-state index contributed by atoms with van der Waals surface area (Å²) in [5, 5.41) is 8.88. The lowest BCUT2D eigenvalue weighted by Gasteiger charge is -1.92. The molecule has 6 heteroatoms. The molecule has 0 amide bonds. The quantitative estimate of drug-likeness (QED) is 0.794. The van der Waals surface area contributed by atoms with E-state index < -0.39 is 5.97 Å². The van der Waals surface area contributed by atoms with E-state index in [0.29, 0.717) is 5.52 Å². The minimum atomic E-state index is -0.985. The molecule has 2 rings (SSSR count). The van der Waals surface area contributed by atoms with E-state index in [-0.39, 0.29) is 5.56 Å². The van der Waals surface area contributed by atoms with E-state index in [0.717, 1.165) is 9.04 Å². The van der Waals surface area contributed by atoms with Crippen molar-refractivity contribution in [1.29, 1.82) is 0 Å². The molecule has 0 aliphatic carbocycles. The number of nitrogens with zero attached hydrogens (tertiary/aromatic N) is 2. The van der Waals surface area contributed by atoms with Gasteiger partial charge in [0.1, 0.15) is 11.1 Å². The van der Waals surface area contributed by atoms with Gasteiger partial charge in [-0.15, -0.1) is 11.3 Å². The van der Waals surface area contributed by atoms with Gasteiger partial charge < -0.3 is 5.11 Å². The van der Waals surface area contributed by atoms with E-state index in [9.17, 15) is 4.79 Å². The fourth-order valence-electron chi connectivity index (χ4n) is 1.08. The summed E-state index contributed by atoms with van der Waals surface area (Å²) in [6.07, 6.45) is 4.87. The van der Waals surface area contributed by atoms with Crippen molar-refractivity contribution in [3.8, 4) is 0 Å². The van der Waals surface area contributed by atoms with Crippen molar-refractivity contribution >= 4 is 39.3 Å². The maximum absolute atomic E-state index is 10.8. The van der Waals surface area contributed by atoms with E-state index in [1.165, 1.54) is 29.3 Å². The van der Waals surface area contributed by atoms with Crippen LogP contribution >= 0.6 is 23.1 Å². The first kappa shape index (κ1) is 9.42. The zero-order valence-corrected chi connectivity index (χ0v) is 8.85. The molecule has 0 saturated carbocycles. The van der Waals surface area contributed by atoms with Crippen molar-refractivity contribution in [1.82, 2.24) is 9.97 Å². The molecule has 0 aliphatic heterocycles. The molecule has 14 heavy (non-hydrogen) atoms.